The molecule has 3 rings (SSSR count). The van der Waals surface area contributed by atoms with Crippen LogP contribution in [0.25, 0.3) is 11.4 Å². The van der Waals surface area contributed by atoms with E-state index >= 15 is 0 Å². The number of nitrogens with zero attached hydrogens (tertiary/aromatic N) is 5. The van der Waals surface area contributed by atoms with E-state index < -0.39 is 16.5 Å². The molecular formula is C14H16N6O7S. The second-order valence-electron chi connectivity index (χ2n) is 4.93. The number of hydrogen-bond donors (Lipinski definition) is 1. The zero-order chi connectivity index (χ0) is 20.8. The Hall–Kier alpha value is -3.55. The summed E-state index contributed by atoms with van der Waals surface area (Å²) in [5, 5.41) is 6.00. The van der Waals surface area contributed by atoms with Gasteiger partial charge in [0.2, 0.25) is 17.7 Å². The Labute approximate surface area is 160 Å². The van der Waals surface area contributed by atoms with Gasteiger partial charge >= 0.3 is 22.5 Å². The largest absolute Gasteiger partial charge is 0.481 e. The molecule has 2 aliphatic rings. The number of nitrogens with one attached hydrogen (secondary N) is 1. The standard InChI is InChI=1S/C7H8N4O5S.C7H8N2O2/c1-15-4-3-5(16-2)9-6(8-4)10-7(12)11-17(13)14;1-3-11-7(10)4-5-6(4)9(2)8-5/h3H,1-2H3,(H,8,9,10,12);3H2,1-2H3. The number of methoxy groups -OCH3 is 2. The van der Waals surface area contributed by atoms with Gasteiger partial charge in [-0.05, 0) is 6.92 Å². The lowest BCUT2D eigenvalue weighted by atomic mass is 10.5. The molecule has 0 aromatic carbocycles. The highest BCUT2D eigenvalue weighted by atomic mass is 32.2. The fourth-order valence-electron chi connectivity index (χ4n) is 1.99. The number of anilines is 1. The first-order chi connectivity index (χ1) is 13.3. The predicted octanol–water partition coefficient (Wildman–Crippen LogP) is 0.666. The van der Waals surface area contributed by atoms with Crippen LogP contribution in [0.5, 0.6) is 11.8 Å². The van der Waals surface area contributed by atoms with Crippen molar-refractivity contribution in [2.75, 3.05) is 26.1 Å². The maximum absolute atomic E-state index is 11.0. The molecule has 1 aliphatic carbocycles. The number of rotatable bonds is 5. The second kappa shape index (κ2) is 8.90. The summed E-state index contributed by atoms with van der Waals surface area (Å²) in [6.07, 6.45) is 0. The molecule has 0 unspecified atom stereocenters. The number of fused-ring (bicyclic) bond motifs is 1. The number of carbonyl (C=O) groups is 2. The number of amides is 2. The van der Waals surface area contributed by atoms with Crippen LogP contribution in [0.1, 0.15) is 17.3 Å². The molecule has 28 heavy (non-hydrogen) atoms. The lowest BCUT2D eigenvalue weighted by molar-refractivity contribution is 0.0533. The Morgan fingerprint density at radius 3 is 2.21 bits per heavy atom. The molecule has 0 spiro atoms. The minimum Gasteiger partial charge on any atom is -0.481 e. The van der Waals surface area contributed by atoms with Crippen LogP contribution in [0.2, 0.25) is 0 Å². The summed E-state index contributed by atoms with van der Waals surface area (Å²) in [5.41, 5.74) is 2.43. The van der Waals surface area contributed by atoms with Gasteiger partial charge in [-0.15, -0.1) is 0 Å². The molecule has 0 bridgehead atoms. The second-order valence-corrected chi connectivity index (χ2v) is 5.55. The van der Waals surface area contributed by atoms with Crippen LogP contribution in [0.3, 0.4) is 0 Å². The van der Waals surface area contributed by atoms with E-state index in [1.54, 1.807) is 11.6 Å². The van der Waals surface area contributed by atoms with Crippen molar-refractivity contribution in [3.63, 3.8) is 0 Å². The predicted molar refractivity (Wildman–Crippen MR) is 93.7 cm³/mol. The molecule has 0 fully saturated rings. The van der Waals surface area contributed by atoms with Gasteiger partial charge in [0.05, 0.1) is 26.9 Å². The van der Waals surface area contributed by atoms with Crippen molar-refractivity contribution in [3.05, 3.63) is 11.6 Å². The maximum atomic E-state index is 11.0. The lowest BCUT2D eigenvalue weighted by Gasteiger charge is -2.05. The van der Waals surface area contributed by atoms with Gasteiger partial charge in [-0.2, -0.15) is 23.5 Å². The van der Waals surface area contributed by atoms with Crippen LogP contribution in [0.4, 0.5) is 10.7 Å². The van der Waals surface area contributed by atoms with Gasteiger partial charge in [-0.25, -0.2) is 9.59 Å². The summed E-state index contributed by atoms with van der Waals surface area (Å²) < 4.78 is 39.1. The fourth-order valence-corrected chi connectivity index (χ4v) is 2.17. The van der Waals surface area contributed by atoms with Crippen molar-refractivity contribution < 1.29 is 32.2 Å². The van der Waals surface area contributed by atoms with Crippen molar-refractivity contribution in [1.82, 2.24) is 19.7 Å². The van der Waals surface area contributed by atoms with E-state index in [0.717, 1.165) is 11.4 Å². The van der Waals surface area contributed by atoms with Gasteiger partial charge in [0.1, 0.15) is 17.0 Å². The van der Waals surface area contributed by atoms with E-state index in [0.29, 0.717) is 12.2 Å². The molecule has 0 saturated heterocycles. The Kier molecular flexibility index (Phi) is 6.59. The zero-order valence-corrected chi connectivity index (χ0v) is 16.1. The average molecular weight is 412 g/mol. The molecule has 13 nitrogen and oxygen atoms in total. The quantitative estimate of drug-likeness (QED) is 0.589. The van der Waals surface area contributed by atoms with Crippen molar-refractivity contribution >= 4 is 28.4 Å². The lowest BCUT2D eigenvalue weighted by Crippen LogP contribution is -2.10. The molecule has 1 aromatic rings. The maximum Gasteiger partial charge on any atom is 0.362 e. The average Bonchev–Trinajstić information content (AvgIpc) is 3.27. The molecule has 0 radical (unpaired) electrons. The molecule has 2 amide bonds. The van der Waals surface area contributed by atoms with E-state index in [-0.39, 0.29) is 23.7 Å². The van der Waals surface area contributed by atoms with Gasteiger partial charge in [-0.1, -0.05) is 4.36 Å². The number of carbonyl (C=O) groups excluding carboxylic acids is 2. The molecule has 1 aliphatic heterocycles. The summed E-state index contributed by atoms with van der Waals surface area (Å²) in [5.74, 6) is -0.128. The van der Waals surface area contributed by atoms with Crippen LogP contribution in [0, 0.1) is 0 Å². The summed E-state index contributed by atoms with van der Waals surface area (Å²) in [7, 11) is 1.70. The third-order valence-electron chi connectivity index (χ3n) is 3.16. The van der Waals surface area contributed by atoms with Crippen LogP contribution in [0.15, 0.2) is 10.4 Å². The summed E-state index contributed by atoms with van der Waals surface area (Å²) in [4.78, 5) is 29.5. The van der Waals surface area contributed by atoms with Gasteiger partial charge in [-0.3, -0.25) is 10.00 Å². The van der Waals surface area contributed by atoms with Crippen LogP contribution in [-0.4, -0.2) is 61.0 Å². The number of aromatic nitrogens is 4. The summed E-state index contributed by atoms with van der Waals surface area (Å²) >= 11 is 0. The summed E-state index contributed by atoms with van der Waals surface area (Å²) in [6.45, 7) is 2.21. The van der Waals surface area contributed by atoms with E-state index in [1.165, 1.54) is 20.3 Å². The minimum absolute atomic E-state index is 0.149. The van der Waals surface area contributed by atoms with Crippen molar-refractivity contribution in [3.8, 4) is 23.1 Å². The SMILES string of the molecule is CCOC(=O)c1c2nn(C)c1-2.COc1cc(OC)nc(NC(=O)N=S(=O)=O)n1. The first kappa shape index (κ1) is 20.8. The van der Waals surface area contributed by atoms with Crippen molar-refractivity contribution in [1.29, 1.82) is 0 Å². The monoisotopic (exact) mass is 412 g/mol. The molecule has 1 aromatic heterocycles. The first-order valence-electron chi connectivity index (χ1n) is 7.64. The first-order valence-corrected chi connectivity index (χ1v) is 8.67. The Morgan fingerprint density at radius 1 is 1.21 bits per heavy atom. The Balaban J connectivity index is 0.000000218. The van der Waals surface area contributed by atoms with E-state index in [9.17, 15) is 18.0 Å². The Bertz CT molecular complexity index is 1020. The van der Waals surface area contributed by atoms with Gasteiger partial charge in [0, 0.05) is 7.05 Å². The molecule has 14 heteroatoms. The van der Waals surface area contributed by atoms with Gasteiger partial charge in [0.25, 0.3) is 0 Å². The fraction of sp³-hybridized carbons (Fsp3) is 0.357. The molecular weight excluding hydrogens is 396 g/mol. The van der Waals surface area contributed by atoms with Gasteiger partial charge < -0.3 is 14.2 Å². The zero-order valence-electron chi connectivity index (χ0n) is 15.3. The van der Waals surface area contributed by atoms with E-state index in [4.69, 9.17) is 14.2 Å². The number of urea groups is 1. The highest BCUT2D eigenvalue weighted by Crippen LogP contribution is 2.42. The third kappa shape index (κ3) is 5.00. The van der Waals surface area contributed by atoms with E-state index in [1.807, 2.05) is 12.4 Å². The topological polar surface area (TPSA) is 164 Å². The summed E-state index contributed by atoms with van der Waals surface area (Å²) in [6, 6.07) is 0.270. The molecule has 2 heterocycles. The molecule has 150 valence electrons. The molecule has 1 N–H and O–H groups in total. The third-order valence-corrected chi connectivity index (χ3v) is 3.48. The molecule has 0 saturated carbocycles. The Morgan fingerprint density at radius 2 is 1.82 bits per heavy atom. The molecule has 0 atom stereocenters. The number of hydrogen-bond acceptors (Lipinski definition) is 10. The highest BCUT2D eigenvalue weighted by Gasteiger charge is 2.39. The smallest absolute Gasteiger partial charge is 0.362 e. The normalized spacial score (nSPS) is 10.1. The van der Waals surface area contributed by atoms with Crippen LogP contribution >= 0.6 is 0 Å². The number of aryl methyl sites for hydroxylation is 1. The number of esters is 1. The highest BCUT2D eigenvalue weighted by molar-refractivity contribution is 7.62. The van der Waals surface area contributed by atoms with Crippen molar-refractivity contribution in [2.45, 2.75) is 6.92 Å². The van der Waals surface area contributed by atoms with E-state index in [2.05, 4.69) is 19.4 Å². The number of ether oxygens (including phenoxy) is 3. The minimum atomic E-state index is -2.84. The van der Waals surface area contributed by atoms with Crippen LogP contribution < -0.4 is 14.8 Å². The van der Waals surface area contributed by atoms with Gasteiger partial charge in [0.15, 0.2) is 0 Å². The van der Waals surface area contributed by atoms with Crippen molar-refractivity contribution in [2.24, 2.45) is 11.4 Å². The van der Waals surface area contributed by atoms with Crippen LogP contribution in [-0.2, 0) is 22.3 Å².